The predicted octanol–water partition coefficient (Wildman–Crippen LogP) is 1.62. The van der Waals surface area contributed by atoms with Crippen molar-refractivity contribution in [3.8, 4) is 0 Å². The van der Waals surface area contributed by atoms with Gasteiger partial charge in [-0.15, -0.1) is 11.3 Å². The zero-order chi connectivity index (χ0) is 30.0. The molecule has 0 unspecified atom stereocenters. The van der Waals surface area contributed by atoms with Gasteiger partial charge in [0.05, 0.1) is 12.6 Å². The Bertz CT molecular complexity index is 1340. The smallest absolute Gasteiger partial charge is 0.273 e. The Balaban J connectivity index is 1.71. The number of thiazole rings is 1. The van der Waals surface area contributed by atoms with Crippen LogP contribution in [0, 0.1) is 18.8 Å². The Morgan fingerprint density at radius 1 is 0.976 bits per heavy atom. The number of rotatable bonds is 3. The summed E-state index contributed by atoms with van der Waals surface area (Å²) < 4.78 is 5.83. The van der Waals surface area contributed by atoms with E-state index in [9.17, 15) is 24.0 Å². The van der Waals surface area contributed by atoms with E-state index < -0.39 is 47.8 Å². The van der Waals surface area contributed by atoms with Gasteiger partial charge in [0.25, 0.3) is 11.8 Å². The first-order valence-corrected chi connectivity index (χ1v) is 14.6. The van der Waals surface area contributed by atoms with E-state index in [-0.39, 0.29) is 60.3 Å². The van der Waals surface area contributed by atoms with Crippen LogP contribution in [0.5, 0.6) is 0 Å². The molecule has 0 spiro atoms. The van der Waals surface area contributed by atoms with Crippen molar-refractivity contribution in [1.82, 2.24) is 36.1 Å². The average molecular weight is 588 g/mol. The highest BCUT2D eigenvalue weighted by Crippen LogP contribution is 2.27. The monoisotopic (exact) mass is 587 g/mol. The minimum Gasteiger partial charge on any atom is -0.443 e. The molecule has 1 saturated heterocycles. The molecule has 2 aliphatic heterocycles. The third kappa shape index (κ3) is 6.92. The first kappa shape index (κ1) is 30.2. The van der Waals surface area contributed by atoms with Crippen molar-refractivity contribution in [2.75, 3.05) is 13.1 Å². The summed E-state index contributed by atoms with van der Waals surface area (Å²) in [7, 11) is 0. The first-order chi connectivity index (χ1) is 19.3. The second kappa shape index (κ2) is 12.4. The summed E-state index contributed by atoms with van der Waals surface area (Å²) in [5.74, 6) is -1.73. The molecule has 4 bridgehead atoms. The number of hydrogen-bond acceptors (Lipinski definition) is 9. The van der Waals surface area contributed by atoms with Gasteiger partial charge >= 0.3 is 0 Å². The summed E-state index contributed by atoms with van der Waals surface area (Å²) in [5, 5.41) is 13.5. The topological polar surface area (TPSA) is 176 Å². The molecule has 4 N–H and O–H groups in total. The van der Waals surface area contributed by atoms with Gasteiger partial charge in [0, 0.05) is 24.4 Å². The Labute approximate surface area is 242 Å². The SMILES string of the molecule is Cc1oc2nc1C(=O)N[C@H](C)CN(C(=O)[C@@H]1CCC(=O)N1)CC(=O)N[C@@H](C(C)C)c1nc(cs1)C(=O)N[C@@H]2C(C)C. The summed E-state index contributed by atoms with van der Waals surface area (Å²) in [5.41, 5.74) is 0.239. The molecule has 4 heterocycles. The van der Waals surface area contributed by atoms with Crippen LogP contribution >= 0.6 is 11.3 Å². The molecule has 2 aromatic heterocycles. The summed E-state index contributed by atoms with van der Waals surface area (Å²) in [6.07, 6.45) is 0.552. The Morgan fingerprint density at radius 3 is 2.32 bits per heavy atom. The Hall–Kier alpha value is -3.81. The van der Waals surface area contributed by atoms with Crippen LogP contribution in [0.15, 0.2) is 9.80 Å². The van der Waals surface area contributed by atoms with E-state index >= 15 is 0 Å². The highest BCUT2D eigenvalue weighted by molar-refractivity contribution is 7.09. The van der Waals surface area contributed by atoms with Gasteiger partial charge in [-0.25, -0.2) is 9.97 Å². The zero-order valence-corrected chi connectivity index (χ0v) is 24.9. The highest BCUT2D eigenvalue weighted by Gasteiger charge is 2.34. The van der Waals surface area contributed by atoms with Gasteiger partial charge in [-0.1, -0.05) is 27.7 Å². The molecule has 13 nitrogen and oxygen atoms in total. The molecule has 2 aromatic rings. The summed E-state index contributed by atoms with van der Waals surface area (Å²) in [6, 6.07) is -2.45. The minimum atomic E-state index is -0.745. The molecular formula is C27H37N7O6S. The Morgan fingerprint density at radius 2 is 1.68 bits per heavy atom. The fourth-order valence-corrected chi connectivity index (χ4v) is 5.87. The quantitative estimate of drug-likeness (QED) is 0.419. The van der Waals surface area contributed by atoms with E-state index in [0.29, 0.717) is 11.4 Å². The molecule has 222 valence electrons. The van der Waals surface area contributed by atoms with Gasteiger partial charge in [-0.2, -0.15) is 0 Å². The van der Waals surface area contributed by atoms with E-state index in [1.165, 1.54) is 16.2 Å². The zero-order valence-electron chi connectivity index (χ0n) is 24.1. The van der Waals surface area contributed by atoms with E-state index in [1.54, 1.807) is 19.2 Å². The molecular weight excluding hydrogens is 550 g/mol. The van der Waals surface area contributed by atoms with Crippen LogP contribution in [-0.2, 0) is 14.4 Å². The molecule has 5 amide bonds. The number of carbonyl (C=O) groups excluding carboxylic acids is 5. The largest absolute Gasteiger partial charge is 0.443 e. The second-order valence-electron chi connectivity index (χ2n) is 11.3. The number of nitrogens with one attached hydrogen (secondary N) is 4. The molecule has 14 heteroatoms. The maximum Gasteiger partial charge on any atom is 0.273 e. The average Bonchev–Trinajstić information content (AvgIpc) is 3.64. The lowest BCUT2D eigenvalue weighted by molar-refractivity contribution is -0.138. The van der Waals surface area contributed by atoms with Crippen LogP contribution < -0.4 is 21.3 Å². The fourth-order valence-electron chi connectivity index (χ4n) is 4.85. The first-order valence-electron chi connectivity index (χ1n) is 13.8. The summed E-state index contributed by atoms with van der Waals surface area (Å²) in [6.45, 7) is 10.7. The number of aryl methyl sites for hydroxylation is 1. The molecule has 0 aromatic carbocycles. The van der Waals surface area contributed by atoms with Crippen LogP contribution in [0.4, 0.5) is 0 Å². The van der Waals surface area contributed by atoms with Crippen molar-refractivity contribution in [2.24, 2.45) is 11.8 Å². The summed E-state index contributed by atoms with van der Waals surface area (Å²) in [4.78, 5) is 75.1. The third-order valence-electron chi connectivity index (χ3n) is 7.06. The van der Waals surface area contributed by atoms with Crippen LogP contribution in [0.25, 0.3) is 0 Å². The van der Waals surface area contributed by atoms with Crippen LogP contribution in [0.2, 0.25) is 0 Å². The second-order valence-corrected chi connectivity index (χ2v) is 12.2. The number of hydrogen-bond donors (Lipinski definition) is 4. The van der Waals surface area contributed by atoms with Crippen molar-refractivity contribution in [2.45, 2.75) is 78.6 Å². The van der Waals surface area contributed by atoms with Crippen molar-refractivity contribution in [3.05, 3.63) is 33.4 Å². The minimum absolute atomic E-state index is 0.0204. The number of oxazole rings is 1. The number of aromatic nitrogens is 2. The molecule has 1 fully saturated rings. The molecule has 0 radical (unpaired) electrons. The summed E-state index contributed by atoms with van der Waals surface area (Å²) >= 11 is 1.25. The maximum absolute atomic E-state index is 13.4. The molecule has 0 saturated carbocycles. The molecule has 41 heavy (non-hydrogen) atoms. The van der Waals surface area contributed by atoms with Gasteiger partial charge < -0.3 is 30.6 Å². The number of nitrogens with zero attached hydrogens (tertiary/aromatic N) is 3. The molecule has 4 atom stereocenters. The fraction of sp³-hybridized carbons (Fsp3) is 0.593. The van der Waals surface area contributed by atoms with Crippen LogP contribution in [0.3, 0.4) is 0 Å². The van der Waals surface area contributed by atoms with Crippen LogP contribution in [-0.4, -0.2) is 69.6 Å². The lowest BCUT2D eigenvalue weighted by Crippen LogP contribution is -2.53. The van der Waals surface area contributed by atoms with E-state index in [2.05, 4.69) is 31.2 Å². The molecule has 2 aliphatic rings. The van der Waals surface area contributed by atoms with Crippen molar-refractivity contribution in [3.63, 3.8) is 0 Å². The molecule has 4 rings (SSSR count). The standard InChI is InChI=1S/C27H37N7O6S/c1-12(2)20-25-33-22(15(6)40-25)24(38)28-14(5)9-34(27(39)16-7-8-18(35)29-16)10-19(36)31-21(13(3)4)26-30-17(11-41-26)23(37)32-20/h11-14,16,20-21H,7-10H2,1-6H3,(H,28,38)(H,29,35)(H,31,36)(H,32,37)/t14-,16+,20-,21+/m1/s1. The Kier molecular flexibility index (Phi) is 9.10. The molecule has 0 aliphatic carbocycles. The van der Waals surface area contributed by atoms with Crippen molar-refractivity contribution in [1.29, 1.82) is 0 Å². The van der Waals surface area contributed by atoms with Crippen LogP contribution in [0.1, 0.15) is 97.2 Å². The highest BCUT2D eigenvalue weighted by atomic mass is 32.1. The van der Waals surface area contributed by atoms with E-state index in [1.807, 2.05) is 27.7 Å². The van der Waals surface area contributed by atoms with Gasteiger partial charge in [0.15, 0.2) is 5.69 Å². The van der Waals surface area contributed by atoms with Crippen molar-refractivity contribution < 1.29 is 28.4 Å². The lowest BCUT2D eigenvalue weighted by Gasteiger charge is -2.29. The predicted molar refractivity (Wildman–Crippen MR) is 149 cm³/mol. The normalized spacial score (nSPS) is 24.4. The van der Waals surface area contributed by atoms with E-state index in [0.717, 1.165) is 0 Å². The van der Waals surface area contributed by atoms with Gasteiger partial charge in [0.1, 0.15) is 28.5 Å². The lowest BCUT2D eigenvalue weighted by atomic mass is 10.0. The number of fused-ring (bicyclic) bond motifs is 4. The number of amides is 5. The number of carbonyl (C=O) groups is 5. The van der Waals surface area contributed by atoms with E-state index in [4.69, 9.17) is 4.42 Å². The van der Waals surface area contributed by atoms with Gasteiger partial charge in [-0.3, -0.25) is 24.0 Å². The van der Waals surface area contributed by atoms with Gasteiger partial charge in [-0.05, 0) is 32.1 Å². The third-order valence-corrected chi connectivity index (χ3v) is 7.99. The maximum atomic E-state index is 13.4. The van der Waals surface area contributed by atoms with Gasteiger partial charge in [0.2, 0.25) is 23.6 Å². The van der Waals surface area contributed by atoms with Crippen molar-refractivity contribution >= 4 is 40.9 Å².